The third-order valence-electron chi connectivity index (χ3n) is 4.66. The topological polar surface area (TPSA) is 122 Å². The van der Waals surface area contributed by atoms with E-state index in [1.165, 1.54) is 10.7 Å². The van der Waals surface area contributed by atoms with Crippen LogP contribution in [0.3, 0.4) is 0 Å². The van der Waals surface area contributed by atoms with E-state index < -0.39 is 26.6 Å². The molecular weight excluding hydrogens is 454 g/mol. The molecule has 2 aromatic carbocycles. The number of aromatic nitrogens is 4. The Morgan fingerprint density at radius 2 is 1.91 bits per heavy atom. The van der Waals surface area contributed by atoms with Gasteiger partial charge in [-0.2, -0.15) is 10.2 Å². The number of halogens is 2. The molecule has 3 N–H and O–H groups in total. The van der Waals surface area contributed by atoms with Gasteiger partial charge in [0, 0.05) is 35.9 Å². The number of benzene rings is 2. The average molecular weight is 472 g/mol. The van der Waals surface area contributed by atoms with Crippen LogP contribution in [0.25, 0.3) is 23.1 Å². The number of H-pyrrole nitrogens is 1. The quantitative estimate of drug-likeness (QED) is 0.382. The van der Waals surface area contributed by atoms with Crippen molar-refractivity contribution >= 4 is 44.7 Å². The Morgan fingerprint density at radius 3 is 2.64 bits per heavy atom. The summed E-state index contributed by atoms with van der Waals surface area (Å²) in [5.41, 5.74) is 2.12. The van der Waals surface area contributed by atoms with Gasteiger partial charge in [-0.15, -0.1) is 0 Å². The van der Waals surface area contributed by atoms with E-state index in [-0.39, 0.29) is 18.1 Å². The minimum Gasteiger partial charge on any atom is -0.358 e. The third-order valence-corrected chi connectivity index (χ3v) is 6.02. The molecule has 0 atom stereocenters. The number of carbonyl (C=O) groups is 1. The Kier molecular flexibility index (Phi) is 5.92. The van der Waals surface area contributed by atoms with Gasteiger partial charge in [0.05, 0.1) is 22.3 Å². The lowest BCUT2D eigenvalue weighted by atomic mass is 10.1. The summed E-state index contributed by atoms with van der Waals surface area (Å²) in [7, 11) is -2.67. The maximum atomic E-state index is 13.4. The van der Waals surface area contributed by atoms with Gasteiger partial charge in [0.1, 0.15) is 18.2 Å². The lowest BCUT2D eigenvalue weighted by Crippen LogP contribution is -2.23. The molecule has 4 rings (SSSR count). The maximum absolute atomic E-state index is 13.4. The SMILES string of the molecule is CNC(=O)Cn1cc(/C=C/c2n[nH]c3ccc(NS(=O)(=O)c4cc(F)cc(F)c4)cc23)cn1. The fourth-order valence-electron chi connectivity index (χ4n) is 3.08. The molecule has 0 aliphatic rings. The highest BCUT2D eigenvalue weighted by atomic mass is 32.2. The fraction of sp³-hybridized carbons (Fsp3) is 0.0952. The molecule has 33 heavy (non-hydrogen) atoms. The fourth-order valence-corrected chi connectivity index (χ4v) is 4.17. The first-order valence-electron chi connectivity index (χ1n) is 9.62. The lowest BCUT2D eigenvalue weighted by Gasteiger charge is -2.08. The number of hydrogen-bond donors (Lipinski definition) is 3. The standard InChI is InChI=1S/C21H18F2N6O3S/c1-24-21(30)12-29-11-13(10-25-29)2-4-19-18-9-16(3-5-20(18)27-26-19)28-33(31,32)17-7-14(22)6-15(23)8-17/h2-11,28H,12H2,1H3,(H,24,30)(H,26,27)/b4-2+. The van der Waals surface area contributed by atoms with Gasteiger partial charge in [-0.1, -0.05) is 0 Å². The number of aromatic amines is 1. The normalized spacial score (nSPS) is 11.8. The first kappa shape index (κ1) is 22.1. The molecule has 4 aromatic rings. The van der Waals surface area contributed by atoms with E-state index in [1.54, 1.807) is 43.7 Å². The van der Waals surface area contributed by atoms with Gasteiger partial charge in [-0.05, 0) is 42.5 Å². The molecule has 0 fully saturated rings. The summed E-state index contributed by atoms with van der Waals surface area (Å²) in [5, 5.41) is 14.3. The van der Waals surface area contributed by atoms with E-state index in [2.05, 4.69) is 25.3 Å². The van der Waals surface area contributed by atoms with Gasteiger partial charge in [0.25, 0.3) is 10.0 Å². The number of rotatable bonds is 7. The Hall–Kier alpha value is -4.06. The summed E-state index contributed by atoms with van der Waals surface area (Å²) in [6.07, 6.45) is 6.74. The van der Waals surface area contributed by atoms with Gasteiger partial charge in [0.2, 0.25) is 5.91 Å². The van der Waals surface area contributed by atoms with Crippen LogP contribution in [-0.4, -0.2) is 41.4 Å². The van der Waals surface area contributed by atoms with Crippen LogP contribution < -0.4 is 10.0 Å². The number of sulfonamides is 1. The van der Waals surface area contributed by atoms with Gasteiger partial charge in [0.15, 0.2) is 0 Å². The molecule has 170 valence electrons. The third kappa shape index (κ3) is 5.06. The molecule has 2 aromatic heterocycles. The minimum absolute atomic E-state index is 0.0917. The first-order valence-corrected chi connectivity index (χ1v) is 11.1. The number of anilines is 1. The van der Waals surface area contributed by atoms with E-state index in [1.807, 2.05) is 0 Å². The molecule has 0 saturated carbocycles. The molecule has 12 heteroatoms. The number of carbonyl (C=O) groups excluding carboxylic acids is 1. The Balaban J connectivity index is 1.57. The number of nitrogens with zero attached hydrogens (tertiary/aromatic N) is 3. The zero-order chi connectivity index (χ0) is 23.6. The average Bonchev–Trinajstić information content (AvgIpc) is 3.37. The van der Waals surface area contributed by atoms with Crippen LogP contribution in [-0.2, 0) is 21.4 Å². The van der Waals surface area contributed by atoms with E-state index in [0.29, 0.717) is 22.7 Å². The number of hydrogen-bond acceptors (Lipinski definition) is 5. The highest BCUT2D eigenvalue weighted by molar-refractivity contribution is 7.92. The molecule has 9 nitrogen and oxygen atoms in total. The van der Waals surface area contributed by atoms with Crippen molar-refractivity contribution in [1.29, 1.82) is 0 Å². The number of fused-ring (bicyclic) bond motifs is 1. The molecule has 0 aliphatic heterocycles. The van der Waals surface area contributed by atoms with E-state index >= 15 is 0 Å². The van der Waals surface area contributed by atoms with Crippen molar-refractivity contribution in [3.8, 4) is 0 Å². The monoisotopic (exact) mass is 472 g/mol. The Morgan fingerprint density at radius 1 is 1.15 bits per heavy atom. The lowest BCUT2D eigenvalue weighted by molar-refractivity contribution is -0.121. The molecule has 0 unspecified atom stereocenters. The molecule has 0 spiro atoms. The molecular formula is C21H18F2N6O3S. The summed E-state index contributed by atoms with van der Waals surface area (Å²) in [4.78, 5) is 10.9. The molecule has 0 bridgehead atoms. The zero-order valence-corrected chi connectivity index (χ0v) is 18.0. The summed E-state index contributed by atoms with van der Waals surface area (Å²) >= 11 is 0. The summed E-state index contributed by atoms with van der Waals surface area (Å²) in [5.74, 6) is -2.17. The van der Waals surface area contributed by atoms with Crippen LogP contribution in [0.2, 0.25) is 0 Å². The van der Waals surface area contributed by atoms with Crippen molar-refractivity contribution < 1.29 is 22.0 Å². The Labute approximate surface area is 187 Å². The Bertz CT molecular complexity index is 1460. The first-order chi connectivity index (χ1) is 15.7. The van der Waals surface area contributed by atoms with Gasteiger partial charge in [-0.25, -0.2) is 17.2 Å². The van der Waals surface area contributed by atoms with Crippen LogP contribution >= 0.6 is 0 Å². The maximum Gasteiger partial charge on any atom is 0.262 e. The van der Waals surface area contributed by atoms with Crippen molar-refractivity contribution in [1.82, 2.24) is 25.3 Å². The van der Waals surface area contributed by atoms with E-state index in [4.69, 9.17) is 0 Å². The van der Waals surface area contributed by atoms with E-state index in [9.17, 15) is 22.0 Å². The molecule has 2 heterocycles. The van der Waals surface area contributed by atoms with Gasteiger partial charge < -0.3 is 5.32 Å². The number of nitrogens with one attached hydrogen (secondary N) is 3. The second-order valence-electron chi connectivity index (χ2n) is 7.06. The van der Waals surface area contributed by atoms with Crippen molar-refractivity contribution in [3.05, 3.63) is 71.7 Å². The molecule has 1 amide bonds. The van der Waals surface area contributed by atoms with Crippen LogP contribution in [0.4, 0.5) is 14.5 Å². The minimum atomic E-state index is -4.21. The predicted octanol–water partition coefficient (Wildman–Crippen LogP) is 2.75. The van der Waals surface area contributed by atoms with Gasteiger partial charge >= 0.3 is 0 Å². The number of amides is 1. The van der Waals surface area contributed by atoms with Crippen LogP contribution in [0.5, 0.6) is 0 Å². The molecule has 0 radical (unpaired) electrons. The van der Waals surface area contributed by atoms with Crippen molar-refractivity contribution in [2.24, 2.45) is 0 Å². The summed E-state index contributed by atoms with van der Waals surface area (Å²) < 4.78 is 55.8. The van der Waals surface area contributed by atoms with Crippen molar-refractivity contribution in [2.45, 2.75) is 11.4 Å². The van der Waals surface area contributed by atoms with Crippen molar-refractivity contribution in [2.75, 3.05) is 11.8 Å². The number of likely N-dealkylation sites (N-methyl/N-ethyl adjacent to an activating group) is 1. The summed E-state index contributed by atoms with van der Waals surface area (Å²) in [6, 6.07) is 6.76. The molecule has 0 saturated heterocycles. The van der Waals surface area contributed by atoms with Crippen LogP contribution in [0, 0.1) is 11.6 Å². The smallest absolute Gasteiger partial charge is 0.262 e. The van der Waals surface area contributed by atoms with Crippen LogP contribution in [0.1, 0.15) is 11.3 Å². The second kappa shape index (κ2) is 8.82. The largest absolute Gasteiger partial charge is 0.358 e. The predicted molar refractivity (Wildman–Crippen MR) is 118 cm³/mol. The highest BCUT2D eigenvalue weighted by Gasteiger charge is 2.17. The summed E-state index contributed by atoms with van der Waals surface area (Å²) in [6.45, 7) is 0.0917. The zero-order valence-electron chi connectivity index (χ0n) is 17.2. The second-order valence-corrected chi connectivity index (χ2v) is 8.74. The van der Waals surface area contributed by atoms with Crippen LogP contribution in [0.15, 0.2) is 53.7 Å². The van der Waals surface area contributed by atoms with E-state index in [0.717, 1.165) is 17.7 Å². The molecule has 0 aliphatic carbocycles. The van der Waals surface area contributed by atoms with Gasteiger partial charge in [-0.3, -0.25) is 19.3 Å². The highest BCUT2D eigenvalue weighted by Crippen LogP contribution is 2.25. The van der Waals surface area contributed by atoms with Crippen molar-refractivity contribution in [3.63, 3.8) is 0 Å².